The molecular formula is C8H8BrFN4O. The van der Waals surface area contributed by atoms with Crippen LogP contribution in [0.15, 0.2) is 10.7 Å². The zero-order valence-electron chi connectivity index (χ0n) is 7.94. The molecule has 0 radical (unpaired) electrons. The molecule has 0 aliphatic heterocycles. The molecule has 0 aliphatic rings. The lowest BCUT2D eigenvalue weighted by molar-refractivity contribution is 0.395. The summed E-state index contributed by atoms with van der Waals surface area (Å²) in [5.74, 6) is 0.387. The third kappa shape index (κ3) is 1.79. The standard InChI is InChI=1S/C8H8BrFN4O/c1-15-8-7-6(5(9)4-11-8)12-14(13-7)3-2-10/h4H,2-3H2,1H3. The van der Waals surface area contributed by atoms with Crippen LogP contribution in [-0.4, -0.2) is 33.8 Å². The van der Waals surface area contributed by atoms with Crippen LogP contribution in [0.5, 0.6) is 5.88 Å². The minimum Gasteiger partial charge on any atom is -0.479 e. The molecule has 0 unspecified atom stereocenters. The summed E-state index contributed by atoms with van der Waals surface area (Å²) < 4.78 is 17.9. The molecule has 0 saturated heterocycles. The number of nitrogens with zero attached hydrogens (tertiary/aromatic N) is 4. The van der Waals surface area contributed by atoms with Gasteiger partial charge in [-0.25, -0.2) is 9.37 Å². The Morgan fingerprint density at radius 3 is 2.87 bits per heavy atom. The van der Waals surface area contributed by atoms with E-state index >= 15 is 0 Å². The van der Waals surface area contributed by atoms with Crippen LogP contribution in [0.4, 0.5) is 4.39 Å². The molecule has 0 amide bonds. The van der Waals surface area contributed by atoms with Crippen molar-refractivity contribution in [2.75, 3.05) is 13.8 Å². The Balaban J connectivity index is 2.61. The summed E-state index contributed by atoms with van der Waals surface area (Å²) in [5, 5.41) is 8.19. The molecule has 0 aromatic carbocycles. The van der Waals surface area contributed by atoms with Gasteiger partial charge in [0.1, 0.15) is 12.2 Å². The van der Waals surface area contributed by atoms with Gasteiger partial charge in [-0.1, -0.05) is 0 Å². The Morgan fingerprint density at radius 2 is 2.20 bits per heavy atom. The molecule has 2 aromatic rings. The lowest BCUT2D eigenvalue weighted by atomic mass is 10.4. The molecule has 0 atom stereocenters. The fraction of sp³-hybridized carbons (Fsp3) is 0.375. The lowest BCUT2D eigenvalue weighted by Crippen LogP contribution is -2.03. The zero-order valence-corrected chi connectivity index (χ0v) is 9.53. The molecule has 0 N–H and O–H groups in total. The molecule has 0 saturated carbocycles. The maximum absolute atomic E-state index is 12.1. The highest BCUT2D eigenvalue weighted by atomic mass is 79.9. The van der Waals surface area contributed by atoms with Gasteiger partial charge in [0.2, 0.25) is 5.88 Å². The minimum absolute atomic E-state index is 0.129. The Hall–Kier alpha value is -1.24. The smallest absolute Gasteiger partial charge is 0.244 e. The molecule has 5 nitrogen and oxygen atoms in total. The Labute approximate surface area is 93.4 Å². The molecule has 2 aromatic heterocycles. The highest BCUT2D eigenvalue weighted by Crippen LogP contribution is 2.25. The van der Waals surface area contributed by atoms with Crippen molar-refractivity contribution in [1.29, 1.82) is 0 Å². The van der Waals surface area contributed by atoms with E-state index in [-0.39, 0.29) is 6.54 Å². The van der Waals surface area contributed by atoms with E-state index in [0.29, 0.717) is 21.4 Å². The molecule has 15 heavy (non-hydrogen) atoms. The van der Waals surface area contributed by atoms with Gasteiger partial charge in [-0.2, -0.15) is 9.90 Å². The summed E-state index contributed by atoms with van der Waals surface area (Å²) in [6.07, 6.45) is 1.58. The van der Waals surface area contributed by atoms with E-state index in [1.54, 1.807) is 6.20 Å². The highest BCUT2D eigenvalue weighted by Gasteiger charge is 2.12. The number of fused-ring (bicyclic) bond motifs is 1. The van der Waals surface area contributed by atoms with Crippen molar-refractivity contribution in [2.24, 2.45) is 0 Å². The predicted octanol–water partition coefficient (Wildman–Crippen LogP) is 1.57. The monoisotopic (exact) mass is 274 g/mol. The van der Waals surface area contributed by atoms with Crippen molar-refractivity contribution in [3.05, 3.63) is 10.7 Å². The molecule has 0 fully saturated rings. The van der Waals surface area contributed by atoms with Crippen molar-refractivity contribution in [1.82, 2.24) is 20.0 Å². The summed E-state index contributed by atoms with van der Waals surface area (Å²) in [4.78, 5) is 5.31. The van der Waals surface area contributed by atoms with Gasteiger partial charge in [0.05, 0.1) is 18.1 Å². The summed E-state index contributed by atoms with van der Waals surface area (Å²) in [6, 6.07) is 0. The minimum atomic E-state index is -0.506. The normalized spacial score (nSPS) is 10.9. The molecule has 80 valence electrons. The number of hydrogen-bond acceptors (Lipinski definition) is 4. The topological polar surface area (TPSA) is 52.8 Å². The van der Waals surface area contributed by atoms with Crippen molar-refractivity contribution in [2.45, 2.75) is 6.54 Å². The number of aromatic nitrogens is 4. The van der Waals surface area contributed by atoms with E-state index in [1.807, 2.05) is 0 Å². The van der Waals surface area contributed by atoms with E-state index in [1.165, 1.54) is 11.9 Å². The molecular weight excluding hydrogens is 267 g/mol. The van der Waals surface area contributed by atoms with Crippen LogP contribution in [-0.2, 0) is 6.54 Å². The number of methoxy groups -OCH3 is 1. The quantitative estimate of drug-likeness (QED) is 0.853. The Bertz CT molecular complexity index is 487. The van der Waals surface area contributed by atoms with Crippen LogP contribution in [0.3, 0.4) is 0 Å². The third-order valence-corrected chi connectivity index (χ3v) is 2.44. The van der Waals surface area contributed by atoms with Gasteiger partial charge in [0, 0.05) is 6.20 Å². The van der Waals surface area contributed by atoms with E-state index in [2.05, 4.69) is 31.1 Å². The average Bonchev–Trinajstić information content (AvgIpc) is 2.64. The Morgan fingerprint density at radius 1 is 1.47 bits per heavy atom. The van der Waals surface area contributed by atoms with Crippen molar-refractivity contribution in [3.63, 3.8) is 0 Å². The van der Waals surface area contributed by atoms with Gasteiger partial charge >= 0.3 is 0 Å². The van der Waals surface area contributed by atoms with Crippen molar-refractivity contribution < 1.29 is 9.13 Å². The fourth-order valence-corrected chi connectivity index (χ4v) is 1.58. The number of rotatable bonds is 3. The number of ether oxygens (including phenoxy) is 1. The van der Waals surface area contributed by atoms with E-state index in [4.69, 9.17) is 4.74 Å². The summed E-state index contributed by atoms with van der Waals surface area (Å²) in [7, 11) is 1.50. The van der Waals surface area contributed by atoms with Crippen molar-refractivity contribution in [3.8, 4) is 5.88 Å². The van der Waals surface area contributed by atoms with Gasteiger partial charge in [-0.3, -0.25) is 0 Å². The number of pyridine rings is 1. The molecule has 0 spiro atoms. The van der Waals surface area contributed by atoms with Crippen LogP contribution in [0.25, 0.3) is 11.0 Å². The van der Waals surface area contributed by atoms with Gasteiger partial charge in [-0.05, 0) is 15.9 Å². The number of alkyl halides is 1. The van der Waals surface area contributed by atoms with E-state index in [0.717, 1.165) is 0 Å². The van der Waals surface area contributed by atoms with Crippen LogP contribution in [0, 0.1) is 0 Å². The van der Waals surface area contributed by atoms with Crippen LogP contribution >= 0.6 is 15.9 Å². The maximum Gasteiger partial charge on any atom is 0.244 e. The largest absolute Gasteiger partial charge is 0.479 e. The second-order valence-electron chi connectivity index (χ2n) is 2.80. The molecule has 7 heteroatoms. The summed E-state index contributed by atoms with van der Waals surface area (Å²) in [5.41, 5.74) is 1.15. The number of halogens is 2. The van der Waals surface area contributed by atoms with Gasteiger partial charge in [0.15, 0.2) is 5.52 Å². The lowest BCUT2D eigenvalue weighted by Gasteiger charge is -1.97. The van der Waals surface area contributed by atoms with Gasteiger partial charge < -0.3 is 4.74 Å². The number of aryl methyl sites for hydroxylation is 1. The first-order chi connectivity index (χ1) is 7.26. The highest BCUT2D eigenvalue weighted by molar-refractivity contribution is 9.10. The molecule has 0 aliphatic carbocycles. The van der Waals surface area contributed by atoms with Crippen LogP contribution in [0.1, 0.15) is 0 Å². The molecule has 2 heterocycles. The zero-order chi connectivity index (χ0) is 10.8. The van der Waals surface area contributed by atoms with Crippen LogP contribution < -0.4 is 4.74 Å². The average molecular weight is 275 g/mol. The Kier molecular flexibility index (Phi) is 2.81. The third-order valence-electron chi connectivity index (χ3n) is 1.86. The van der Waals surface area contributed by atoms with E-state index < -0.39 is 6.67 Å². The predicted molar refractivity (Wildman–Crippen MR) is 55.6 cm³/mol. The molecule has 0 bridgehead atoms. The second-order valence-corrected chi connectivity index (χ2v) is 3.65. The second kappa shape index (κ2) is 4.09. The molecule has 2 rings (SSSR count). The first-order valence-corrected chi connectivity index (χ1v) is 5.05. The van der Waals surface area contributed by atoms with Gasteiger partial charge in [0.25, 0.3) is 0 Å². The summed E-state index contributed by atoms with van der Waals surface area (Å²) in [6.45, 7) is -0.376. The first kappa shape index (κ1) is 10.3. The summed E-state index contributed by atoms with van der Waals surface area (Å²) >= 11 is 3.30. The van der Waals surface area contributed by atoms with Gasteiger partial charge in [-0.15, -0.1) is 5.10 Å². The van der Waals surface area contributed by atoms with Crippen molar-refractivity contribution >= 4 is 27.0 Å². The maximum atomic E-state index is 12.1. The number of hydrogen-bond donors (Lipinski definition) is 0. The SMILES string of the molecule is COc1ncc(Br)c2nn(CCF)nc12. The first-order valence-electron chi connectivity index (χ1n) is 4.25. The van der Waals surface area contributed by atoms with Crippen LogP contribution in [0.2, 0.25) is 0 Å². The van der Waals surface area contributed by atoms with E-state index in [9.17, 15) is 4.39 Å². The fourth-order valence-electron chi connectivity index (χ4n) is 1.22.